The highest BCUT2D eigenvalue weighted by atomic mass is 32.2. The predicted molar refractivity (Wildman–Crippen MR) is 115 cm³/mol. The quantitative estimate of drug-likeness (QED) is 0.495. The highest BCUT2D eigenvalue weighted by molar-refractivity contribution is 8.15. The fourth-order valence-corrected chi connectivity index (χ4v) is 3.54. The van der Waals surface area contributed by atoms with E-state index in [1.807, 2.05) is 37.3 Å². The van der Waals surface area contributed by atoms with Crippen molar-refractivity contribution in [2.75, 3.05) is 7.11 Å². The van der Waals surface area contributed by atoms with E-state index >= 15 is 0 Å². The maximum Gasteiger partial charge on any atom is 0.305 e. The first-order valence-corrected chi connectivity index (χ1v) is 9.99. The number of nitrogens with one attached hydrogen (secondary N) is 1. The van der Waals surface area contributed by atoms with E-state index in [0.717, 1.165) is 22.9 Å². The van der Waals surface area contributed by atoms with Gasteiger partial charge in [0.05, 0.1) is 19.7 Å². The number of carbonyl (C=O) groups excluding carboxylic acids is 1. The molecule has 1 aliphatic rings. The second-order valence-corrected chi connectivity index (χ2v) is 7.72. The Morgan fingerprint density at radius 1 is 1.23 bits per heavy atom. The number of nitrogens with zero attached hydrogens (tertiary/aromatic N) is 2. The van der Waals surface area contributed by atoms with Gasteiger partial charge in [-0.25, -0.2) is 0 Å². The molecule has 9 heteroatoms. The number of methoxy groups -OCH3 is 1. The molecule has 1 atom stereocenters. The van der Waals surface area contributed by atoms with Crippen LogP contribution in [0.5, 0.6) is 11.5 Å². The number of benzene rings is 2. The lowest BCUT2D eigenvalue weighted by Crippen LogP contribution is -2.26. The van der Waals surface area contributed by atoms with Gasteiger partial charge in [-0.3, -0.25) is 9.59 Å². The Labute approximate surface area is 178 Å². The summed E-state index contributed by atoms with van der Waals surface area (Å²) in [5, 5.41) is 18.8. The topological polar surface area (TPSA) is 110 Å². The smallest absolute Gasteiger partial charge is 0.305 e. The maximum absolute atomic E-state index is 11.7. The van der Waals surface area contributed by atoms with Crippen LogP contribution < -0.4 is 14.8 Å². The van der Waals surface area contributed by atoms with Crippen molar-refractivity contribution < 1.29 is 24.2 Å². The zero-order valence-electron chi connectivity index (χ0n) is 16.5. The Balaban J connectivity index is 1.62. The van der Waals surface area contributed by atoms with Crippen LogP contribution in [0.3, 0.4) is 0 Å². The minimum Gasteiger partial charge on any atom is -0.493 e. The molecular formula is C21H21N3O5S. The summed E-state index contributed by atoms with van der Waals surface area (Å²) < 4.78 is 11.3. The standard InChI is InChI=1S/C21H21N3O5S/c1-13-3-5-14(6-4-13)12-29-16-8-7-15(9-17(16)28-2)11-22-24-21-23-20(27)18(30-21)10-19(25)26/h3-9,11,18H,10,12H2,1-2H3,(H,25,26)(H,23,24,27)/b22-11-/t18-/m0/s1. The SMILES string of the molecule is COc1cc(/C=N\N=C2\NC(=O)[C@H](CC(=O)O)S2)ccc1OCc1ccc(C)cc1. The molecule has 0 saturated carbocycles. The van der Waals surface area contributed by atoms with Gasteiger partial charge in [0, 0.05) is 0 Å². The molecule has 2 N–H and O–H groups in total. The van der Waals surface area contributed by atoms with Gasteiger partial charge in [0.25, 0.3) is 0 Å². The van der Waals surface area contributed by atoms with Crippen LogP contribution in [0.15, 0.2) is 52.7 Å². The molecule has 2 aromatic rings. The number of hydrogen-bond donors (Lipinski definition) is 2. The van der Waals surface area contributed by atoms with E-state index in [9.17, 15) is 9.59 Å². The van der Waals surface area contributed by atoms with Crippen molar-refractivity contribution in [2.24, 2.45) is 10.2 Å². The van der Waals surface area contributed by atoms with Crippen LogP contribution in [0.4, 0.5) is 0 Å². The highest BCUT2D eigenvalue weighted by Gasteiger charge is 2.32. The number of carboxylic acid groups (broad SMARTS) is 1. The van der Waals surface area contributed by atoms with Gasteiger partial charge in [0.1, 0.15) is 11.9 Å². The van der Waals surface area contributed by atoms with E-state index in [2.05, 4.69) is 15.5 Å². The molecule has 2 aromatic carbocycles. The number of carbonyl (C=O) groups is 2. The predicted octanol–water partition coefficient (Wildman–Crippen LogP) is 2.98. The van der Waals surface area contributed by atoms with Gasteiger partial charge in [0.2, 0.25) is 5.91 Å². The lowest BCUT2D eigenvalue weighted by Gasteiger charge is -2.11. The number of carboxylic acids is 1. The number of amidine groups is 1. The number of aliphatic carboxylic acids is 1. The Morgan fingerprint density at radius 3 is 2.70 bits per heavy atom. The summed E-state index contributed by atoms with van der Waals surface area (Å²) >= 11 is 1.05. The first-order valence-electron chi connectivity index (χ1n) is 9.11. The van der Waals surface area contributed by atoms with Crippen molar-refractivity contribution in [3.8, 4) is 11.5 Å². The summed E-state index contributed by atoms with van der Waals surface area (Å²) in [6, 6.07) is 13.5. The average Bonchev–Trinajstić information content (AvgIpc) is 3.06. The second-order valence-electron chi connectivity index (χ2n) is 6.53. The van der Waals surface area contributed by atoms with E-state index in [4.69, 9.17) is 14.6 Å². The Morgan fingerprint density at radius 2 is 2.00 bits per heavy atom. The second kappa shape index (κ2) is 9.93. The van der Waals surface area contributed by atoms with Gasteiger partial charge in [-0.2, -0.15) is 5.10 Å². The molecule has 156 valence electrons. The number of thioether (sulfide) groups is 1. The Hall–Kier alpha value is -3.33. The number of hydrogen-bond acceptors (Lipinski definition) is 7. The molecule has 30 heavy (non-hydrogen) atoms. The zero-order valence-corrected chi connectivity index (χ0v) is 17.3. The van der Waals surface area contributed by atoms with E-state index in [-0.39, 0.29) is 17.5 Å². The number of amides is 1. The Bertz CT molecular complexity index is 989. The van der Waals surface area contributed by atoms with Crippen LogP contribution in [0, 0.1) is 6.92 Å². The lowest BCUT2D eigenvalue weighted by molar-refractivity contribution is -0.138. The van der Waals surface area contributed by atoms with Crippen LogP contribution in [-0.2, 0) is 16.2 Å². The molecule has 3 rings (SSSR count). The maximum atomic E-state index is 11.7. The van der Waals surface area contributed by atoms with E-state index in [1.165, 1.54) is 11.8 Å². The van der Waals surface area contributed by atoms with Crippen molar-refractivity contribution in [3.05, 3.63) is 59.2 Å². The molecule has 0 aromatic heterocycles. The highest BCUT2D eigenvalue weighted by Crippen LogP contribution is 2.28. The van der Waals surface area contributed by atoms with Crippen LogP contribution >= 0.6 is 11.8 Å². The van der Waals surface area contributed by atoms with Crippen molar-refractivity contribution in [1.82, 2.24) is 5.32 Å². The van der Waals surface area contributed by atoms with Gasteiger partial charge in [-0.1, -0.05) is 41.6 Å². The molecule has 1 fully saturated rings. The van der Waals surface area contributed by atoms with E-state index in [0.29, 0.717) is 18.1 Å². The third-order valence-corrected chi connectivity index (χ3v) is 5.27. The monoisotopic (exact) mass is 427 g/mol. The summed E-state index contributed by atoms with van der Waals surface area (Å²) in [6.07, 6.45) is 1.25. The Kier molecular flexibility index (Phi) is 7.08. The van der Waals surface area contributed by atoms with Crippen molar-refractivity contribution in [3.63, 3.8) is 0 Å². The third-order valence-electron chi connectivity index (χ3n) is 4.19. The molecule has 1 heterocycles. The largest absolute Gasteiger partial charge is 0.493 e. The molecule has 1 saturated heterocycles. The first-order chi connectivity index (χ1) is 14.4. The first kappa shape index (κ1) is 21.4. The van der Waals surface area contributed by atoms with E-state index < -0.39 is 11.2 Å². The van der Waals surface area contributed by atoms with Crippen molar-refractivity contribution in [2.45, 2.75) is 25.2 Å². The minimum atomic E-state index is -1.04. The molecule has 0 unspecified atom stereocenters. The fourth-order valence-electron chi connectivity index (χ4n) is 2.62. The number of aryl methyl sites for hydroxylation is 1. The number of ether oxygens (including phenoxy) is 2. The van der Waals surface area contributed by atoms with Gasteiger partial charge in [-0.05, 0) is 36.2 Å². The summed E-state index contributed by atoms with van der Waals surface area (Å²) in [6.45, 7) is 2.46. The third kappa shape index (κ3) is 5.84. The van der Waals surface area contributed by atoms with Gasteiger partial charge in [0.15, 0.2) is 16.7 Å². The van der Waals surface area contributed by atoms with E-state index in [1.54, 1.807) is 19.2 Å². The van der Waals surface area contributed by atoms with Crippen LogP contribution in [0.25, 0.3) is 0 Å². The zero-order chi connectivity index (χ0) is 21.5. The molecule has 8 nitrogen and oxygen atoms in total. The molecule has 1 aliphatic heterocycles. The molecule has 0 spiro atoms. The van der Waals surface area contributed by atoms with Crippen molar-refractivity contribution >= 4 is 35.0 Å². The normalized spacial score (nSPS) is 17.3. The van der Waals surface area contributed by atoms with Gasteiger partial charge < -0.3 is 19.9 Å². The van der Waals surface area contributed by atoms with Crippen molar-refractivity contribution in [1.29, 1.82) is 0 Å². The summed E-state index contributed by atoms with van der Waals surface area (Å²) in [5.74, 6) is -0.252. The minimum absolute atomic E-state index is 0.263. The van der Waals surface area contributed by atoms with Gasteiger partial charge >= 0.3 is 5.97 Å². The average molecular weight is 427 g/mol. The summed E-state index contributed by atoms with van der Waals surface area (Å²) in [7, 11) is 1.56. The van der Waals surface area contributed by atoms with Crippen LogP contribution in [-0.4, -0.2) is 40.7 Å². The molecule has 1 amide bonds. The van der Waals surface area contributed by atoms with Crippen LogP contribution in [0.1, 0.15) is 23.1 Å². The summed E-state index contributed by atoms with van der Waals surface area (Å²) in [4.78, 5) is 22.4. The fraction of sp³-hybridized carbons (Fsp3) is 0.238. The summed E-state index contributed by atoms with van der Waals surface area (Å²) in [5.41, 5.74) is 2.98. The lowest BCUT2D eigenvalue weighted by atomic mass is 10.2. The number of rotatable bonds is 8. The molecule has 0 bridgehead atoms. The van der Waals surface area contributed by atoms with Crippen LogP contribution in [0.2, 0.25) is 0 Å². The molecule has 0 radical (unpaired) electrons. The molecular weight excluding hydrogens is 406 g/mol. The molecule has 0 aliphatic carbocycles. The van der Waals surface area contributed by atoms with Gasteiger partial charge in [-0.15, -0.1) is 5.10 Å².